The molecule has 1 saturated carbocycles. The third kappa shape index (κ3) is 6.03. The molecule has 98 valence electrons. The van der Waals surface area contributed by atoms with Gasteiger partial charge >= 0.3 is 0 Å². The van der Waals surface area contributed by atoms with Crippen LogP contribution in [0, 0.1) is 0 Å². The molecule has 6 heteroatoms. The van der Waals surface area contributed by atoms with E-state index in [-0.39, 0.29) is 30.2 Å². The lowest BCUT2D eigenvalue weighted by molar-refractivity contribution is 0.373. The molecule has 1 aliphatic rings. The average molecular weight is 271 g/mol. The monoisotopic (exact) mass is 270 g/mol. The number of unbranched alkanes of at least 4 members (excludes halogenated alkanes) is 1. The van der Waals surface area contributed by atoms with E-state index >= 15 is 0 Å². The van der Waals surface area contributed by atoms with E-state index < -0.39 is 10.0 Å². The van der Waals surface area contributed by atoms with Gasteiger partial charge < -0.3 is 5.73 Å². The maximum Gasteiger partial charge on any atom is 0.211 e. The average Bonchev–Trinajstić information content (AvgIpc) is 2.18. The van der Waals surface area contributed by atoms with Crippen molar-refractivity contribution in [1.82, 2.24) is 4.72 Å². The minimum atomic E-state index is -3.05. The maximum atomic E-state index is 11.6. The van der Waals surface area contributed by atoms with Crippen LogP contribution in [0.25, 0.3) is 0 Å². The van der Waals surface area contributed by atoms with E-state index in [1.165, 1.54) is 0 Å². The number of sulfonamides is 1. The largest absolute Gasteiger partial charge is 0.328 e. The summed E-state index contributed by atoms with van der Waals surface area (Å²) in [5.41, 5.74) is 5.76. The Morgan fingerprint density at radius 3 is 2.31 bits per heavy atom. The van der Waals surface area contributed by atoms with Gasteiger partial charge in [-0.2, -0.15) is 0 Å². The molecule has 0 bridgehead atoms. The van der Waals surface area contributed by atoms with Crippen molar-refractivity contribution in [3.8, 4) is 0 Å². The molecule has 1 fully saturated rings. The van der Waals surface area contributed by atoms with Crippen LogP contribution in [-0.4, -0.2) is 26.3 Å². The van der Waals surface area contributed by atoms with Crippen molar-refractivity contribution >= 4 is 22.4 Å². The molecule has 1 rings (SSSR count). The van der Waals surface area contributed by atoms with Gasteiger partial charge in [-0.05, 0) is 32.1 Å². The Hall–Kier alpha value is 0.160. The lowest BCUT2D eigenvalue weighted by Crippen LogP contribution is -2.41. The minimum Gasteiger partial charge on any atom is -0.328 e. The molecule has 0 saturated heterocycles. The molecule has 0 aromatic rings. The van der Waals surface area contributed by atoms with E-state index in [2.05, 4.69) is 4.72 Å². The van der Waals surface area contributed by atoms with Gasteiger partial charge in [0.25, 0.3) is 0 Å². The highest BCUT2D eigenvalue weighted by atomic mass is 35.5. The van der Waals surface area contributed by atoms with Gasteiger partial charge in [-0.15, -0.1) is 12.4 Å². The summed E-state index contributed by atoms with van der Waals surface area (Å²) >= 11 is 0. The van der Waals surface area contributed by atoms with Gasteiger partial charge in [-0.3, -0.25) is 0 Å². The lowest BCUT2D eigenvalue weighted by atomic mass is 9.93. The van der Waals surface area contributed by atoms with Gasteiger partial charge in [-0.1, -0.05) is 13.3 Å². The van der Waals surface area contributed by atoms with Crippen molar-refractivity contribution < 1.29 is 8.42 Å². The number of hydrogen-bond acceptors (Lipinski definition) is 3. The van der Waals surface area contributed by atoms with Crippen LogP contribution < -0.4 is 10.5 Å². The summed E-state index contributed by atoms with van der Waals surface area (Å²) < 4.78 is 26.0. The molecule has 16 heavy (non-hydrogen) atoms. The van der Waals surface area contributed by atoms with Gasteiger partial charge in [0.15, 0.2) is 0 Å². The van der Waals surface area contributed by atoms with Crippen LogP contribution in [0.2, 0.25) is 0 Å². The second-order valence-corrected chi connectivity index (χ2v) is 6.28. The Morgan fingerprint density at radius 1 is 1.25 bits per heavy atom. The standard InChI is InChI=1S/C10H22N2O2S.ClH/c1-2-3-8-15(13,14)12-10-6-4-9(11)5-7-10;/h9-10,12H,2-8,11H2,1H3;1H. The predicted octanol–water partition coefficient (Wildman–Crippen LogP) is 1.40. The normalized spacial score (nSPS) is 26.1. The molecule has 1 aliphatic carbocycles. The van der Waals surface area contributed by atoms with Crippen LogP contribution in [0.15, 0.2) is 0 Å². The summed E-state index contributed by atoms with van der Waals surface area (Å²) in [6.45, 7) is 2.00. The van der Waals surface area contributed by atoms with Crippen molar-refractivity contribution in [3.63, 3.8) is 0 Å². The summed E-state index contributed by atoms with van der Waals surface area (Å²) in [5, 5.41) is 0. The Balaban J connectivity index is 0.00000225. The Morgan fingerprint density at radius 2 is 1.81 bits per heavy atom. The van der Waals surface area contributed by atoms with Gasteiger partial charge in [0, 0.05) is 12.1 Å². The molecule has 0 aromatic heterocycles. The summed E-state index contributed by atoms with van der Waals surface area (Å²) in [6, 6.07) is 0.382. The van der Waals surface area contributed by atoms with Crippen LogP contribution in [0.5, 0.6) is 0 Å². The highest BCUT2D eigenvalue weighted by molar-refractivity contribution is 7.89. The molecule has 0 atom stereocenters. The fourth-order valence-electron chi connectivity index (χ4n) is 1.88. The molecule has 0 aliphatic heterocycles. The maximum absolute atomic E-state index is 11.6. The summed E-state index contributed by atoms with van der Waals surface area (Å²) in [6.07, 6.45) is 5.28. The van der Waals surface area contributed by atoms with E-state index in [0.717, 1.165) is 38.5 Å². The minimum absolute atomic E-state index is 0. The van der Waals surface area contributed by atoms with E-state index in [4.69, 9.17) is 5.73 Å². The first-order valence-corrected chi connectivity index (χ1v) is 7.44. The number of rotatable bonds is 5. The lowest BCUT2D eigenvalue weighted by Gasteiger charge is -2.26. The van der Waals surface area contributed by atoms with E-state index in [1.54, 1.807) is 0 Å². The second-order valence-electron chi connectivity index (χ2n) is 4.40. The second kappa shape index (κ2) is 7.48. The first-order valence-electron chi connectivity index (χ1n) is 5.79. The molecule has 0 heterocycles. The Bertz CT molecular complexity index is 275. The summed E-state index contributed by atoms with van der Waals surface area (Å²) in [4.78, 5) is 0. The zero-order valence-electron chi connectivity index (χ0n) is 9.81. The number of halogens is 1. The summed E-state index contributed by atoms with van der Waals surface area (Å²) in [7, 11) is -3.05. The third-order valence-electron chi connectivity index (χ3n) is 2.88. The molecule has 4 nitrogen and oxygen atoms in total. The SMILES string of the molecule is CCCCS(=O)(=O)NC1CCC(N)CC1.Cl. The third-order valence-corrected chi connectivity index (χ3v) is 4.40. The predicted molar refractivity (Wildman–Crippen MR) is 69.3 cm³/mol. The van der Waals surface area contributed by atoms with Gasteiger partial charge in [0.1, 0.15) is 0 Å². The Kier molecular flexibility index (Phi) is 7.55. The molecule has 0 aromatic carbocycles. The highest BCUT2D eigenvalue weighted by Crippen LogP contribution is 2.17. The topological polar surface area (TPSA) is 72.2 Å². The molecule has 0 spiro atoms. The van der Waals surface area contributed by atoms with Crippen LogP contribution in [-0.2, 0) is 10.0 Å². The fourth-order valence-corrected chi connectivity index (χ4v) is 3.41. The number of nitrogens with two attached hydrogens (primary N) is 1. The molecule has 0 unspecified atom stereocenters. The van der Waals surface area contributed by atoms with Crippen molar-refractivity contribution in [1.29, 1.82) is 0 Å². The fraction of sp³-hybridized carbons (Fsp3) is 1.00. The number of nitrogens with one attached hydrogen (secondary N) is 1. The Labute approximate surface area is 105 Å². The first-order chi connectivity index (χ1) is 7.03. The molecule has 3 N–H and O–H groups in total. The molecular formula is C10H23ClN2O2S. The molecule has 0 radical (unpaired) electrons. The number of hydrogen-bond donors (Lipinski definition) is 2. The van der Waals surface area contributed by atoms with E-state index in [9.17, 15) is 8.42 Å². The van der Waals surface area contributed by atoms with Crippen LogP contribution in [0.4, 0.5) is 0 Å². The summed E-state index contributed by atoms with van der Waals surface area (Å²) in [5.74, 6) is 0.256. The van der Waals surface area contributed by atoms with Crippen molar-refractivity contribution in [3.05, 3.63) is 0 Å². The van der Waals surface area contributed by atoms with E-state index in [0.29, 0.717) is 0 Å². The van der Waals surface area contributed by atoms with Gasteiger partial charge in [-0.25, -0.2) is 13.1 Å². The van der Waals surface area contributed by atoms with Crippen LogP contribution >= 0.6 is 12.4 Å². The van der Waals surface area contributed by atoms with Crippen molar-refractivity contribution in [2.75, 3.05) is 5.75 Å². The molecular weight excluding hydrogens is 248 g/mol. The van der Waals surface area contributed by atoms with E-state index in [1.807, 2.05) is 6.92 Å². The van der Waals surface area contributed by atoms with Gasteiger partial charge in [0.2, 0.25) is 10.0 Å². The smallest absolute Gasteiger partial charge is 0.211 e. The van der Waals surface area contributed by atoms with Gasteiger partial charge in [0.05, 0.1) is 5.75 Å². The highest BCUT2D eigenvalue weighted by Gasteiger charge is 2.22. The van der Waals surface area contributed by atoms with Crippen molar-refractivity contribution in [2.45, 2.75) is 57.5 Å². The van der Waals surface area contributed by atoms with Crippen LogP contribution in [0.1, 0.15) is 45.4 Å². The van der Waals surface area contributed by atoms with Crippen LogP contribution in [0.3, 0.4) is 0 Å². The quantitative estimate of drug-likeness (QED) is 0.793. The first kappa shape index (κ1) is 16.2. The zero-order chi connectivity index (χ0) is 11.3. The molecule has 0 amide bonds. The zero-order valence-corrected chi connectivity index (χ0v) is 11.4. The van der Waals surface area contributed by atoms with Crippen molar-refractivity contribution in [2.24, 2.45) is 5.73 Å².